The van der Waals surface area contributed by atoms with E-state index in [2.05, 4.69) is 0 Å². The lowest BCUT2D eigenvalue weighted by atomic mass is 9.97. The summed E-state index contributed by atoms with van der Waals surface area (Å²) in [5, 5.41) is 9.93. The number of rotatable bonds is 2. The molecule has 24 heavy (non-hydrogen) atoms. The van der Waals surface area contributed by atoms with Crippen molar-refractivity contribution in [3.8, 4) is 0 Å². The summed E-state index contributed by atoms with van der Waals surface area (Å²) in [7, 11) is 0. The van der Waals surface area contributed by atoms with Gasteiger partial charge in [-0.05, 0) is 31.0 Å². The molecule has 1 aromatic heterocycles. The zero-order valence-corrected chi connectivity index (χ0v) is 12.9. The molecule has 1 aliphatic rings. The van der Waals surface area contributed by atoms with Crippen LogP contribution in [-0.4, -0.2) is 28.6 Å². The highest BCUT2D eigenvalue weighted by atomic mass is 19.4. The monoisotopic (exact) mass is 339 g/mol. The van der Waals surface area contributed by atoms with Gasteiger partial charge in [0, 0.05) is 12.1 Å². The maximum atomic E-state index is 13.3. The molecule has 1 aromatic carbocycles. The van der Waals surface area contributed by atoms with Crippen molar-refractivity contribution in [3.05, 3.63) is 59.0 Å². The predicted molar refractivity (Wildman–Crippen MR) is 79.3 cm³/mol. The first-order valence-corrected chi connectivity index (χ1v) is 7.48. The van der Waals surface area contributed by atoms with E-state index < -0.39 is 29.8 Å². The van der Waals surface area contributed by atoms with Crippen molar-refractivity contribution in [2.24, 2.45) is 0 Å². The number of aliphatic hydroxyl groups is 1. The summed E-state index contributed by atoms with van der Waals surface area (Å²) in [6.45, 7) is 1.65. The number of likely N-dealkylation sites (tertiary alicyclic amines) is 1. The molecule has 0 aliphatic carbocycles. The number of carbonyl (C=O) groups is 1. The first-order valence-electron chi connectivity index (χ1n) is 7.48. The minimum atomic E-state index is -4.53. The van der Waals surface area contributed by atoms with Gasteiger partial charge in [-0.15, -0.1) is 0 Å². The summed E-state index contributed by atoms with van der Waals surface area (Å²) < 4.78 is 45.0. The van der Waals surface area contributed by atoms with Gasteiger partial charge in [0.1, 0.15) is 0 Å². The third-order valence-corrected chi connectivity index (χ3v) is 4.22. The van der Waals surface area contributed by atoms with Crippen molar-refractivity contribution in [2.75, 3.05) is 6.54 Å². The number of amides is 1. The SMILES string of the molecule is Cc1ccoc1C(=O)N1C[C@@H](O)C[C@@H]1c1ccccc1C(F)(F)F. The standard InChI is InChI=1S/C17H16F3NO3/c1-10-6-7-24-15(10)16(23)21-9-11(22)8-14(21)12-4-2-3-5-13(12)17(18,19)20/h2-7,11,14,22H,8-9H2,1H3/t11-,14+/m0/s1. The average Bonchev–Trinajstić information content (AvgIpc) is 3.11. The van der Waals surface area contributed by atoms with Crippen LogP contribution in [-0.2, 0) is 6.18 Å². The minimum Gasteiger partial charge on any atom is -0.459 e. The van der Waals surface area contributed by atoms with Gasteiger partial charge >= 0.3 is 6.18 Å². The van der Waals surface area contributed by atoms with Crippen LogP contribution in [0.3, 0.4) is 0 Å². The summed E-state index contributed by atoms with van der Waals surface area (Å²) in [4.78, 5) is 13.9. The van der Waals surface area contributed by atoms with Crippen LogP contribution >= 0.6 is 0 Å². The quantitative estimate of drug-likeness (QED) is 0.910. The van der Waals surface area contributed by atoms with Crippen molar-refractivity contribution in [1.82, 2.24) is 4.90 Å². The summed E-state index contributed by atoms with van der Waals surface area (Å²) in [6.07, 6.45) is -4.00. The Kier molecular flexibility index (Phi) is 4.13. The van der Waals surface area contributed by atoms with Gasteiger partial charge < -0.3 is 14.4 Å². The Bertz CT molecular complexity index is 754. The zero-order valence-electron chi connectivity index (χ0n) is 12.9. The molecule has 1 N–H and O–H groups in total. The molecule has 128 valence electrons. The number of furan rings is 1. The molecule has 1 aliphatic heterocycles. The minimum absolute atomic E-state index is 0.0147. The Morgan fingerprint density at radius 1 is 1.29 bits per heavy atom. The van der Waals surface area contributed by atoms with Gasteiger partial charge in [-0.1, -0.05) is 18.2 Å². The van der Waals surface area contributed by atoms with E-state index in [1.807, 2.05) is 0 Å². The molecule has 0 saturated carbocycles. The highest BCUT2D eigenvalue weighted by Crippen LogP contribution is 2.41. The lowest BCUT2D eigenvalue weighted by molar-refractivity contribution is -0.138. The highest BCUT2D eigenvalue weighted by molar-refractivity contribution is 5.93. The van der Waals surface area contributed by atoms with E-state index in [0.717, 1.165) is 6.07 Å². The van der Waals surface area contributed by atoms with E-state index in [4.69, 9.17) is 4.42 Å². The molecule has 1 saturated heterocycles. The normalized spacial score (nSPS) is 21.3. The van der Waals surface area contributed by atoms with Gasteiger partial charge in [0.15, 0.2) is 5.76 Å². The van der Waals surface area contributed by atoms with Crippen LogP contribution in [0.5, 0.6) is 0 Å². The summed E-state index contributed by atoms with van der Waals surface area (Å²) in [5.41, 5.74) is -0.207. The third-order valence-electron chi connectivity index (χ3n) is 4.22. The van der Waals surface area contributed by atoms with Crippen LogP contribution in [0, 0.1) is 6.92 Å². The van der Waals surface area contributed by atoms with Crippen LogP contribution in [0.15, 0.2) is 41.0 Å². The van der Waals surface area contributed by atoms with E-state index in [0.29, 0.717) is 5.56 Å². The molecule has 7 heteroatoms. The highest BCUT2D eigenvalue weighted by Gasteiger charge is 2.42. The maximum Gasteiger partial charge on any atom is 0.416 e. The molecule has 4 nitrogen and oxygen atoms in total. The molecule has 0 unspecified atom stereocenters. The lowest BCUT2D eigenvalue weighted by Crippen LogP contribution is -2.32. The van der Waals surface area contributed by atoms with E-state index in [9.17, 15) is 23.1 Å². The molecular weight excluding hydrogens is 323 g/mol. The van der Waals surface area contributed by atoms with Crippen molar-refractivity contribution in [2.45, 2.75) is 31.7 Å². The van der Waals surface area contributed by atoms with Crippen molar-refractivity contribution >= 4 is 5.91 Å². The van der Waals surface area contributed by atoms with Gasteiger partial charge in [0.05, 0.1) is 24.0 Å². The molecule has 2 atom stereocenters. The number of aryl methyl sites for hydroxylation is 1. The number of hydrogen-bond donors (Lipinski definition) is 1. The van der Waals surface area contributed by atoms with Gasteiger partial charge in [-0.3, -0.25) is 4.79 Å². The Hall–Kier alpha value is -2.28. The van der Waals surface area contributed by atoms with Crippen molar-refractivity contribution in [3.63, 3.8) is 0 Å². The van der Waals surface area contributed by atoms with Gasteiger partial charge in [-0.2, -0.15) is 13.2 Å². The number of nitrogens with zero attached hydrogens (tertiary/aromatic N) is 1. The van der Waals surface area contributed by atoms with Crippen LogP contribution in [0.25, 0.3) is 0 Å². The third kappa shape index (κ3) is 2.91. The summed E-state index contributed by atoms with van der Waals surface area (Å²) in [5.74, 6) is -0.436. The molecule has 2 heterocycles. The second-order valence-electron chi connectivity index (χ2n) is 5.88. The number of halogens is 3. The van der Waals surface area contributed by atoms with Crippen LogP contribution in [0.4, 0.5) is 13.2 Å². The number of hydrogen-bond acceptors (Lipinski definition) is 3. The predicted octanol–water partition coefficient (Wildman–Crippen LogP) is 3.55. The van der Waals surface area contributed by atoms with Gasteiger partial charge in [0.2, 0.25) is 0 Å². The average molecular weight is 339 g/mol. The first kappa shape index (κ1) is 16.6. The number of alkyl halides is 3. The van der Waals surface area contributed by atoms with Gasteiger partial charge in [-0.25, -0.2) is 0 Å². The first-order chi connectivity index (χ1) is 11.3. The Morgan fingerprint density at radius 2 is 2.00 bits per heavy atom. The number of β-amino-alcohol motifs (C(OH)–C–C–N with tert-alkyl or cyclic N) is 1. The van der Waals surface area contributed by atoms with E-state index >= 15 is 0 Å². The maximum absolute atomic E-state index is 13.3. The topological polar surface area (TPSA) is 53.7 Å². The van der Waals surface area contributed by atoms with E-state index in [1.54, 1.807) is 13.0 Å². The van der Waals surface area contributed by atoms with Crippen LogP contribution in [0.1, 0.15) is 39.7 Å². The van der Waals surface area contributed by atoms with Crippen LogP contribution in [0.2, 0.25) is 0 Å². The van der Waals surface area contributed by atoms with E-state index in [-0.39, 0.29) is 24.3 Å². The molecule has 2 aromatic rings. The Balaban J connectivity index is 2.01. The molecule has 1 fully saturated rings. The summed E-state index contributed by atoms with van der Waals surface area (Å²) >= 11 is 0. The molecular formula is C17H16F3NO3. The molecule has 0 radical (unpaired) electrons. The number of carbonyl (C=O) groups excluding carboxylic acids is 1. The summed E-state index contributed by atoms with van der Waals surface area (Å²) in [6, 6.07) is 5.89. The molecule has 0 spiro atoms. The number of aliphatic hydroxyl groups excluding tert-OH is 1. The number of benzene rings is 1. The Labute approximate surface area is 136 Å². The largest absolute Gasteiger partial charge is 0.459 e. The molecule has 0 bridgehead atoms. The van der Waals surface area contributed by atoms with Crippen molar-refractivity contribution in [1.29, 1.82) is 0 Å². The van der Waals surface area contributed by atoms with E-state index in [1.165, 1.54) is 29.4 Å². The Morgan fingerprint density at radius 3 is 2.62 bits per heavy atom. The smallest absolute Gasteiger partial charge is 0.416 e. The lowest BCUT2D eigenvalue weighted by Gasteiger charge is -2.26. The fraction of sp³-hybridized carbons (Fsp3) is 0.353. The second-order valence-corrected chi connectivity index (χ2v) is 5.88. The molecule has 1 amide bonds. The zero-order chi connectivity index (χ0) is 17.5. The fourth-order valence-electron chi connectivity index (χ4n) is 3.10. The molecule has 3 rings (SSSR count). The van der Waals surface area contributed by atoms with Crippen molar-refractivity contribution < 1.29 is 27.5 Å². The van der Waals surface area contributed by atoms with Crippen LogP contribution < -0.4 is 0 Å². The van der Waals surface area contributed by atoms with Gasteiger partial charge in [0.25, 0.3) is 5.91 Å². The fourth-order valence-corrected chi connectivity index (χ4v) is 3.10. The second kappa shape index (κ2) is 5.98.